The molecule has 2 aromatic rings. The van der Waals surface area contributed by atoms with Crippen molar-refractivity contribution >= 4 is 23.4 Å². The molecule has 0 radical (unpaired) electrons. The fourth-order valence-electron chi connectivity index (χ4n) is 2.32. The van der Waals surface area contributed by atoms with Gasteiger partial charge in [-0.25, -0.2) is 0 Å². The highest BCUT2D eigenvalue weighted by molar-refractivity contribution is 7.99. The first-order valence-electron chi connectivity index (χ1n) is 8.09. The second-order valence-electron chi connectivity index (χ2n) is 6.29. The Hall–Kier alpha value is -2.34. The van der Waals surface area contributed by atoms with Gasteiger partial charge in [-0.15, -0.1) is 11.8 Å². The topological polar surface area (TPSA) is 63.5 Å². The van der Waals surface area contributed by atoms with Gasteiger partial charge in [-0.2, -0.15) is 0 Å². The fourth-order valence-corrected chi connectivity index (χ4v) is 3.28. The van der Waals surface area contributed by atoms with Crippen LogP contribution in [0.2, 0.25) is 0 Å². The van der Waals surface area contributed by atoms with Crippen molar-refractivity contribution in [1.82, 2.24) is 4.90 Å². The molecule has 0 aliphatic heterocycles. The smallest absolute Gasteiger partial charge is 0.283 e. The van der Waals surface area contributed by atoms with Gasteiger partial charge in [0.2, 0.25) is 0 Å². The number of carbonyl (C=O) groups is 1. The largest absolute Gasteiger partial charge is 0.337 e. The van der Waals surface area contributed by atoms with Crippen molar-refractivity contribution in [3.63, 3.8) is 0 Å². The molecule has 132 valence electrons. The summed E-state index contributed by atoms with van der Waals surface area (Å²) < 4.78 is 0. The third-order valence-corrected chi connectivity index (χ3v) is 5.07. The Morgan fingerprint density at radius 2 is 1.88 bits per heavy atom. The average Bonchev–Trinajstić information content (AvgIpc) is 2.59. The first-order valence-corrected chi connectivity index (χ1v) is 9.07. The monoisotopic (exact) mass is 358 g/mol. The van der Waals surface area contributed by atoms with E-state index in [9.17, 15) is 14.9 Å². The highest BCUT2D eigenvalue weighted by Crippen LogP contribution is 2.31. The minimum atomic E-state index is -0.420. The van der Waals surface area contributed by atoms with Crippen LogP contribution >= 0.6 is 11.8 Å². The van der Waals surface area contributed by atoms with Crippen molar-refractivity contribution in [3.8, 4) is 0 Å². The molecule has 25 heavy (non-hydrogen) atoms. The van der Waals surface area contributed by atoms with Crippen LogP contribution in [0.15, 0.2) is 53.4 Å². The molecule has 0 spiro atoms. The van der Waals surface area contributed by atoms with Crippen LogP contribution in [0.25, 0.3) is 0 Å². The summed E-state index contributed by atoms with van der Waals surface area (Å²) >= 11 is 1.45. The summed E-state index contributed by atoms with van der Waals surface area (Å²) in [5.41, 5.74) is 1.33. The van der Waals surface area contributed by atoms with E-state index in [0.717, 1.165) is 11.3 Å². The van der Waals surface area contributed by atoms with E-state index in [4.69, 9.17) is 0 Å². The lowest BCUT2D eigenvalue weighted by atomic mass is 10.1. The number of nitro benzene ring substituents is 1. The Balaban J connectivity index is 2.19. The molecule has 1 amide bonds. The first-order chi connectivity index (χ1) is 11.9. The van der Waals surface area contributed by atoms with Gasteiger partial charge in [0.25, 0.3) is 11.6 Å². The Morgan fingerprint density at radius 3 is 2.48 bits per heavy atom. The zero-order valence-electron chi connectivity index (χ0n) is 14.6. The van der Waals surface area contributed by atoms with Crippen LogP contribution in [-0.4, -0.2) is 28.5 Å². The predicted molar refractivity (Wildman–Crippen MR) is 101 cm³/mol. The van der Waals surface area contributed by atoms with Gasteiger partial charge in [0.15, 0.2) is 0 Å². The van der Waals surface area contributed by atoms with E-state index >= 15 is 0 Å². The number of benzene rings is 2. The molecule has 0 aliphatic carbocycles. The van der Waals surface area contributed by atoms with Crippen molar-refractivity contribution in [2.24, 2.45) is 5.92 Å². The molecule has 0 heterocycles. The van der Waals surface area contributed by atoms with Crippen molar-refractivity contribution in [2.75, 3.05) is 12.8 Å². The molecule has 0 bridgehead atoms. The van der Waals surface area contributed by atoms with E-state index in [1.54, 1.807) is 24.1 Å². The highest BCUT2D eigenvalue weighted by Gasteiger charge is 2.20. The van der Waals surface area contributed by atoms with Crippen molar-refractivity contribution in [2.45, 2.75) is 25.3 Å². The molecule has 0 aromatic heterocycles. The molecule has 5 nitrogen and oxygen atoms in total. The molecular weight excluding hydrogens is 336 g/mol. The minimum Gasteiger partial charge on any atom is -0.337 e. The maximum atomic E-state index is 12.6. The van der Waals surface area contributed by atoms with Crippen LogP contribution in [0.3, 0.4) is 0 Å². The van der Waals surface area contributed by atoms with E-state index in [1.807, 2.05) is 30.3 Å². The number of thioether (sulfide) groups is 1. The summed E-state index contributed by atoms with van der Waals surface area (Å²) in [7, 11) is 1.70. The Labute approximate surface area is 152 Å². The lowest BCUT2D eigenvalue weighted by Crippen LogP contribution is -2.26. The van der Waals surface area contributed by atoms with Crippen LogP contribution in [0.4, 0.5) is 5.69 Å². The van der Waals surface area contributed by atoms with Gasteiger partial charge in [-0.05, 0) is 23.6 Å². The summed E-state index contributed by atoms with van der Waals surface area (Å²) in [5, 5.41) is 11.4. The third-order valence-electron chi connectivity index (χ3n) is 3.58. The van der Waals surface area contributed by atoms with Crippen molar-refractivity contribution < 1.29 is 9.72 Å². The Bertz CT molecular complexity index is 748. The summed E-state index contributed by atoms with van der Waals surface area (Å²) in [6.45, 7) is 4.59. The van der Waals surface area contributed by atoms with Crippen LogP contribution < -0.4 is 0 Å². The van der Waals surface area contributed by atoms with Gasteiger partial charge in [0.1, 0.15) is 0 Å². The lowest BCUT2D eigenvalue weighted by Gasteiger charge is -2.17. The minimum absolute atomic E-state index is 0.00962. The summed E-state index contributed by atoms with van der Waals surface area (Å²) in [6.07, 6.45) is 0. The quantitative estimate of drug-likeness (QED) is 0.412. The van der Waals surface area contributed by atoms with E-state index < -0.39 is 4.92 Å². The van der Waals surface area contributed by atoms with E-state index in [-0.39, 0.29) is 11.6 Å². The number of amides is 1. The van der Waals surface area contributed by atoms with Crippen molar-refractivity contribution in [3.05, 3.63) is 69.8 Å². The van der Waals surface area contributed by atoms with Crippen LogP contribution in [-0.2, 0) is 6.54 Å². The number of nitrogens with zero attached hydrogens (tertiary/aromatic N) is 2. The molecule has 0 unspecified atom stereocenters. The number of hydrogen-bond donors (Lipinski definition) is 0. The van der Waals surface area contributed by atoms with Gasteiger partial charge in [0.05, 0.1) is 9.82 Å². The number of carbonyl (C=O) groups excluding carboxylic acids is 1. The van der Waals surface area contributed by atoms with Gasteiger partial charge >= 0.3 is 0 Å². The summed E-state index contributed by atoms with van der Waals surface area (Å²) in [6, 6.07) is 14.4. The first kappa shape index (κ1) is 19.0. The molecular formula is C19H22N2O3S. The molecule has 0 atom stereocenters. The molecule has 0 aliphatic rings. The standard InChI is InChI=1S/C19H22N2O3S/c1-14(2)13-25-18-10-9-16(11-17(18)21(23)24)19(22)20(3)12-15-7-5-4-6-8-15/h4-11,14H,12-13H2,1-3H3. The van der Waals surface area contributed by atoms with E-state index in [0.29, 0.717) is 22.9 Å². The molecule has 2 aromatic carbocycles. The number of hydrogen-bond acceptors (Lipinski definition) is 4. The number of nitro groups is 1. The normalized spacial score (nSPS) is 10.7. The van der Waals surface area contributed by atoms with Gasteiger partial charge in [-0.3, -0.25) is 14.9 Å². The second-order valence-corrected chi connectivity index (χ2v) is 7.35. The number of rotatable bonds is 7. The third kappa shape index (κ3) is 5.32. The van der Waals surface area contributed by atoms with Crippen LogP contribution in [0.5, 0.6) is 0 Å². The fraction of sp³-hybridized carbons (Fsp3) is 0.316. The predicted octanol–water partition coefficient (Wildman–Crippen LogP) is 4.62. The molecule has 0 saturated carbocycles. The Morgan fingerprint density at radius 1 is 1.20 bits per heavy atom. The molecule has 2 rings (SSSR count). The summed E-state index contributed by atoms with van der Waals surface area (Å²) in [4.78, 5) is 25.7. The van der Waals surface area contributed by atoms with Crippen LogP contribution in [0, 0.1) is 16.0 Å². The maximum Gasteiger partial charge on any atom is 0.283 e. The highest BCUT2D eigenvalue weighted by atomic mass is 32.2. The second kappa shape index (κ2) is 8.67. The van der Waals surface area contributed by atoms with Crippen molar-refractivity contribution in [1.29, 1.82) is 0 Å². The van der Waals surface area contributed by atoms with Gasteiger partial charge in [0, 0.05) is 31.0 Å². The molecule has 0 N–H and O–H groups in total. The average molecular weight is 358 g/mol. The SMILES string of the molecule is CC(C)CSc1ccc(C(=O)N(C)Cc2ccccc2)cc1[N+](=O)[O-]. The van der Waals surface area contributed by atoms with Gasteiger partial charge < -0.3 is 4.90 Å². The zero-order valence-corrected chi connectivity index (χ0v) is 15.5. The van der Waals surface area contributed by atoms with Crippen LogP contribution in [0.1, 0.15) is 29.8 Å². The molecule has 0 fully saturated rings. The molecule has 6 heteroatoms. The zero-order chi connectivity index (χ0) is 18.4. The molecule has 0 saturated heterocycles. The van der Waals surface area contributed by atoms with E-state index in [2.05, 4.69) is 13.8 Å². The maximum absolute atomic E-state index is 12.6. The van der Waals surface area contributed by atoms with E-state index in [1.165, 1.54) is 17.8 Å². The van der Waals surface area contributed by atoms with Gasteiger partial charge in [-0.1, -0.05) is 44.2 Å². The lowest BCUT2D eigenvalue weighted by molar-refractivity contribution is -0.387. The summed E-state index contributed by atoms with van der Waals surface area (Å²) in [5.74, 6) is 0.998. The Kier molecular flexibility index (Phi) is 6.58.